The highest BCUT2D eigenvalue weighted by Crippen LogP contribution is 2.04. The molecule has 0 aliphatic rings. The van der Waals surface area contributed by atoms with Gasteiger partial charge < -0.3 is 9.72 Å². The zero-order valence-corrected chi connectivity index (χ0v) is 13.3. The molecule has 1 N–H and O–H groups in total. The van der Waals surface area contributed by atoms with Crippen molar-refractivity contribution in [1.29, 1.82) is 0 Å². The van der Waals surface area contributed by atoms with Crippen LogP contribution >= 0.6 is 0 Å². The predicted octanol–water partition coefficient (Wildman–Crippen LogP) is 1.10. The fourth-order valence-corrected chi connectivity index (χ4v) is 3.16. The van der Waals surface area contributed by atoms with Crippen LogP contribution in [-0.2, 0) is 16.6 Å². The van der Waals surface area contributed by atoms with E-state index in [1.54, 1.807) is 0 Å². The lowest BCUT2D eigenvalue weighted by molar-refractivity contribution is 0.419. The molecule has 0 radical (unpaired) electrons. The third-order valence-corrected chi connectivity index (χ3v) is 4.68. The molecule has 0 saturated carbocycles. The van der Waals surface area contributed by atoms with Crippen LogP contribution in [0.25, 0.3) is 5.65 Å². The highest BCUT2D eigenvalue weighted by Gasteiger charge is 2.12. The van der Waals surface area contributed by atoms with Gasteiger partial charge in [-0.25, -0.2) is 17.7 Å². The summed E-state index contributed by atoms with van der Waals surface area (Å²) in [5.74, 6) is 0. The van der Waals surface area contributed by atoms with Gasteiger partial charge in [-0.05, 0) is 25.1 Å². The fourth-order valence-electron chi connectivity index (χ4n) is 2.23. The van der Waals surface area contributed by atoms with Gasteiger partial charge in [0.2, 0.25) is 10.0 Å². The Hall–Kier alpha value is -1.44. The van der Waals surface area contributed by atoms with Crippen molar-refractivity contribution in [3.05, 3.63) is 36.3 Å². The minimum absolute atomic E-state index is 0.519. The van der Waals surface area contributed by atoms with Crippen LogP contribution in [0.3, 0.4) is 0 Å². The molecule has 0 unspecified atom stereocenters. The van der Waals surface area contributed by atoms with E-state index in [1.807, 2.05) is 41.9 Å². The second-order valence-corrected chi connectivity index (χ2v) is 6.97. The zero-order chi connectivity index (χ0) is 15.3. The summed E-state index contributed by atoms with van der Waals surface area (Å²) in [5, 5.41) is 3.30. The molecule has 0 fully saturated rings. The van der Waals surface area contributed by atoms with E-state index in [2.05, 4.69) is 10.3 Å². The number of sulfonamides is 1. The molecule has 0 aromatic carbocycles. The Morgan fingerprint density at radius 3 is 2.86 bits per heavy atom. The largest absolute Gasteiger partial charge is 0.311 e. The van der Waals surface area contributed by atoms with Crippen molar-refractivity contribution >= 4 is 15.7 Å². The van der Waals surface area contributed by atoms with Gasteiger partial charge in [0, 0.05) is 32.0 Å². The van der Waals surface area contributed by atoms with Gasteiger partial charge in [-0.2, -0.15) is 0 Å². The van der Waals surface area contributed by atoms with Gasteiger partial charge in [-0.3, -0.25) is 0 Å². The Balaban J connectivity index is 1.75. The molecule has 2 heterocycles. The van der Waals surface area contributed by atoms with Gasteiger partial charge >= 0.3 is 0 Å². The zero-order valence-electron chi connectivity index (χ0n) is 12.5. The quantitative estimate of drug-likeness (QED) is 0.741. The highest BCUT2D eigenvalue weighted by atomic mass is 32.2. The van der Waals surface area contributed by atoms with Gasteiger partial charge in [-0.1, -0.05) is 13.0 Å². The molecule has 0 saturated heterocycles. The first-order valence-corrected chi connectivity index (χ1v) is 8.94. The van der Waals surface area contributed by atoms with E-state index < -0.39 is 10.0 Å². The van der Waals surface area contributed by atoms with E-state index in [0.29, 0.717) is 19.6 Å². The molecule has 7 heteroatoms. The first-order valence-electron chi connectivity index (χ1n) is 7.09. The fraction of sp³-hybridized carbons (Fsp3) is 0.500. The van der Waals surface area contributed by atoms with Gasteiger partial charge in [-0.15, -0.1) is 0 Å². The van der Waals surface area contributed by atoms with E-state index in [1.165, 1.54) is 10.6 Å². The lowest BCUT2D eigenvalue weighted by atomic mass is 10.4. The normalized spacial score (nSPS) is 12.3. The molecular formula is C14H22N4O2S. The molecule has 0 bridgehead atoms. The molecule has 2 aromatic heterocycles. The van der Waals surface area contributed by atoms with Crippen LogP contribution in [0, 0.1) is 0 Å². The number of hydrogen-bond acceptors (Lipinski definition) is 4. The van der Waals surface area contributed by atoms with Crippen molar-refractivity contribution in [3.63, 3.8) is 0 Å². The van der Waals surface area contributed by atoms with E-state index >= 15 is 0 Å². The van der Waals surface area contributed by atoms with Crippen LogP contribution in [0.2, 0.25) is 0 Å². The topological polar surface area (TPSA) is 66.7 Å². The first-order chi connectivity index (χ1) is 10.0. The number of aromatic nitrogens is 2. The lowest BCUT2D eigenvalue weighted by Crippen LogP contribution is -2.32. The molecule has 116 valence electrons. The van der Waals surface area contributed by atoms with Gasteiger partial charge in [0.05, 0.1) is 11.9 Å². The SMILES string of the molecule is CCN(CCCNCc1cn2ccccc2n1)S(C)(=O)=O. The standard InChI is InChI=1S/C14H22N4O2S/c1-3-18(21(2,19)20)10-6-8-15-11-13-12-17-9-5-4-7-14(17)16-13/h4-5,7,9,12,15H,3,6,8,10-11H2,1-2H3. The molecule has 21 heavy (non-hydrogen) atoms. The molecule has 0 spiro atoms. The molecule has 0 aliphatic heterocycles. The maximum atomic E-state index is 11.4. The van der Waals surface area contributed by atoms with Crippen molar-refractivity contribution < 1.29 is 8.42 Å². The number of nitrogens with zero attached hydrogens (tertiary/aromatic N) is 3. The lowest BCUT2D eigenvalue weighted by Gasteiger charge is -2.17. The third kappa shape index (κ3) is 4.52. The average molecular weight is 310 g/mol. The summed E-state index contributed by atoms with van der Waals surface area (Å²) < 4.78 is 26.4. The third-order valence-electron chi connectivity index (χ3n) is 3.30. The van der Waals surface area contributed by atoms with Gasteiger partial charge in [0.1, 0.15) is 5.65 Å². The molecule has 6 nitrogen and oxygen atoms in total. The van der Waals surface area contributed by atoms with Crippen molar-refractivity contribution in [3.8, 4) is 0 Å². The minimum Gasteiger partial charge on any atom is -0.311 e. The number of pyridine rings is 1. The molecule has 0 aliphatic carbocycles. The molecule has 2 rings (SSSR count). The smallest absolute Gasteiger partial charge is 0.211 e. The maximum absolute atomic E-state index is 11.4. The Morgan fingerprint density at radius 2 is 2.19 bits per heavy atom. The maximum Gasteiger partial charge on any atom is 0.211 e. The predicted molar refractivity (Wildman–Crippen MR) is 83.6 cm³/mol. The van der Waals surface area contributed by atoms with Crippen molar-refractivity contribution in [1.82, 2.24) is 19.0 Å². The number of fused-ring (bicyclic) bond motifs is 1. The second kappa shape index (κ2) is 7.02. The number of nitrogens with one attached hydrogen (secondary N) is 1. The van der Waals surface area contributed by atoms with Crippen LogP contribution in [0.15, 0.2) is 30.6 Å². The molecule has 2 aromatic rings. The summed E-state index contributed by atoms with van der Waals surface area (Å²) in [4.78, 5) is 4.50. The summed E-state index contributed by atoms with van der Waals surface area (Å²) >= 11 is 0. The van der Waals surface area contributed by atoms with Gasteiger partial charge in [0.15, 0.2) is 0 Å². The van der Waals surface area contributed by atoms with Crippen LogP contribution in [-0.4, -0.2) is 48.0 Å². The second-order valence-electron chi connectivity index (χ2n) is 4.98. The van der Waals surface area contributed by atoms with E-state index in [0.717, 1.165) is 24.3 Å². The average Bonchev–Trinajstić information content (AvgIpc) is 2.84. The summed E-state index contributed by atoms with van der Waals surface area (Å²) in [7, 11) is -3.08. The summed E-state index contributed by atoms with van der Waals surface area (Å²) in [6.07, 6.45) is 6.00. The van der Waals surface area contributed by atoms with Crippen molar-refractivity contribution in [2.45, 2.75) is 19.9 Å². The van der Waals surface area contributed by atoms with Crippen LogP contribution in [0.5, 0.6) is 0 Å². The Bertz CT molecular complexity index is 648. The van der Waals surface area contributed by atoms with Crippen LogP contribution in [0.4, 0.5) is 0 Å². The first kappa shape index (κ1) is 15.9. The summed E-state index contributed by atoms with van der Waals surface area (Å²) in [6, 6.07) is 5.90. The highest BCUT2D eigenvalue weighted by molar-refractivity contribution is 7.88. The monoisotopic (exact) mass is 310 g/mol. The number of rotatable bonds is 8. The molecule has 0 atom stereocenters. The minimum atomic E-state index is -3.08. The van der Waals surface area contributed by atoms with Crippen molar-refractivity contribution in [2.24, 2.45) is 0 Å². The van der Waals surface area contributed by atoms with Crippen molar-refractivity contribution in [2.75, 3.05) is 25.9 Å². The van der Waals surface area contributed by atoms with Gasteiger partial charge in [0.25, 0.3) is 0 Å². The Morgan fingerprint density at radius 1 is 1.38 bits per heavy atom. The van der Waals surface area contributed by atoms with E-state index in [9.17, 15) is 8.42 Å². The van der Waals surface area contributed by atoms with Crippen LogP contribution in [0.1, 0.15) is 19.0 Å². The summed E-state index contributed by atoms with van der Waals surface area (Å²) in [5.41, 5.74) is 1.92. The molecular weight excluding hydrogens is 288 g/mol. The summed E-state index contributed by atoms with van der Waals surface area (Å²) in [6.45, 7) is 4.37. The number of imidazole rings is 1. The Kier molecular flexibility index (Phi) is 5.33. The molecule has 0 amide bonds. The van der Waals surface area contributed by atoms with Crippen LogP contribution < -0.4 is 5.32 Å². The number of hydrogen-bond donors (Lipinski definition) is 1. The Labute approximate surface area is 125 Å². The van der Waals surface area contributed by atoms with E-state index in [4.69, 9.17) is 0 Å². The van der Waals surface area contributed by atoms with E-state index in [-0.39, 0.29) is 0 Å².